The highest BCUT2D eigenvalue weighted by molar-refractivity contribution is 7.20. The van der Waals surface area contributed by atoms with Gasteiger partial charge >= 0.3 is 0 Å². The molecule has 1 unspecified atom stereocenters. The normalized spacial score (nSPS) is 27.1. The molecule has 1 N–H and O–H groups in total. The number of nitrogens with zero attached hydrogens (tertiary/aromatic N) is 3. The van der Waals surface area contributed by atoms with Crippen molar-refractivity contribution in [3.05, 3.63) is 28.9 Å². The van der Waals surface area contributed by atoms with Crippen molar-refractivity contribution in [3.63, 3.8) is 0 Å². The van der Waals surface area contributed by atoms with E-state index in [-0.39, 0.29) is 17.9 Å². The van der Waals surface area contributed by atoms with Crippen LogP contribution in [0.4, 0.5) is 0 Å². The van der Waals surface area contributed by atoms with Gasteiger partial charge in [-0.25, -0.2) is 0 Å². The smallest absolute Gasteiger partial charge is 0.270 e. The molecule has 0 radical (unpaired) electrons. The van der Waals surface area contributed by atoms with Crippen LogP contribution in [-0.2, 0) is 0 Å². The molecule has 7 heteroatoms. The second-order valence-electron chi connectivity index (χ2n) is 8.39. The number of fused-ring (bicyclic) bond motifs is 3. The molecule has 3 aliphatic rings. The summed E-state index contributed by atoms with van der Waals surface area (Å²) in [5.74, 6) is 0.723. The van der Waals surface area contributed by atoms with Gasteiger partial charge in [-0.1, -0.05) is 0 Å². The molecule has 2 amide bonds. The average molecular weight is 399 g/mol. The van der Waals surface area contributed by atoms with Crippen molar-refractivity contribution in [3.8, 4) is 0 Å². The van der Waals surface area contributed by atoms with Gasteiger partial charge in [-0.15, -0.1) is 11.3 Å². The Morgan fingerprint density at radius 3 is 2.79 bits per heavy atom. The van der Waals surface area contributed by atoms with E-state index in [0.717, 1.165) is 66.3 Å². The number of rotatable bonds is 3. The molecule has 5 rings (SSSR count). The molecule has 2 aromatic rings. The minimum absolute atomic E-state index is 0.105. The van der Waals surface area contributed by atoms with Gasteiger partial charge < -0.3 is 15.1 Å². The maximum absolute atomic E-state index is 12.8. The Morgan fingerprint density at radius 1 is 1.11 bits per heavy atom. The van der Waals surface area contributed by atoms with Crippen molar-refractivity contribution in [1.82, 2.24) is 20.1 Å². The number of nitrogens with one attached hydrogen (secondary N) is 1. The predicted octanol–water partition coefficient (Wildman–Crippen LogP) is 2.75. The number of pyridine rings is 1. The fourth-order valence-corrected chi connectivity index (χ4v) is 5.88. The number of carbonyl (C=O) groups is 2. The first-order chi connectivity index (χ1) is 13.7. The Bertz CT molecular complexity index is 893. The third-order valence-electron chi connectivity index (χ3n) is 6.29. The average Bonchev–Trinajstić information content (AvgIpc) is 3.30. The number of carbonyl (C=O) groups excluding carboxylic acids is 2. The highest BCUT2D eigenvalue weighted by Crippen LogP contribution is 2.29. The molecule has 6 nitrogen and oxygen atoms in total. The third kappa shape index (κ3) is 3.53. The highest BCUT2D eigenvalue weighted by Gasteiger charge is 2.33. The van der Waals surface area contributed by atoms with Gasteiger partial charge in [0.15, 0.2) is 0 Å². The van der Waals surface area contributed by atoms with E-state index in [9.17, 15) is 9.59 Å². The maximum atomic E-state index is 12.8. The zero-order valence-corrected chi connectivity index (χ0v) is 16.8. The molecule has 0 saturated carbocycles. The van der Waals surface area contributed by atoms with E-state index in [2.05, 4.69) is 15.2 Å². The van der Waals surface area contributed by atoms with Crippen LogP contribution >= 0.6 is 11.3 Å². The predicted molar refractivity (Wildman–Crippen MR) is 110 cm³/mol. The van der Waals surface area contributed by atoms with E-state index in [0.29, 0.717) is 5.69 Å². The number of aromatic nitrogens is 1. The lowest BCUT2D eigenvalue weighted by molar-refractivity contribution is 0.0729. The largest absolute Gasteiger partial charge is 0.347 e. The van der Waals surface area contributed by atoms with Crippen LogP contribution in [0.5, 0.6) is 0 Å². The molecule has 3 fully saturated rings. The summed E-state index contributed by atoms with van der Waals surface area (Å²) >= 11 is 1.47. The Hall–Kier alpha value is -1.99. The van der Waals surface area contributed by atoms with Crippen molar-refractivity contribution in [2.75, 3.05) is 32.7 Å². The summed E-state index contributed by atoms with van der Waals surface area (Å²) in [5, 5.41) is 4.10. The van der Waals surface area contributed by atoms with Gasteiger partial charge in [-0.3, -0.25) is 14.6 Å². The Balaban J connectivity index is 1.30. The standard InChI is InChI=1S/C21H26N4O2S/c26-20(23-16-8-14-4-7-24(12-14)13-16)17-10-18-15(11-22-17)9-19(28-18)21(27)25-5-2-1-3-6-25/h9-11,14,16H,1-8,12-13H2,(H,23,26)/t14-,16-/m1/s1. The molecule has 3 aliphatic heterocycles. The van der Waals surface area contributed by atoms with Crippen molar-refractivity contribution in [2.24, 2.45) is 5.92 Å². The second-order valence-corrected chi connectivity index (χ2v) is 9.48. The molecule has 28 heavy (non-hydrogen) atoms. The fourth-order valence-electron chi connectivity index (χ4n) is 4.84. The number of hydrogen-bond acceptors (Lipinski definition) is 5. The fraction of sp³-hybridized carbons (Fsp3) is 0.571. The van der Waals surface area contributed by atoms with Crippen LogP contribution in [0.1, 0.15) is 52.3 Å². The van der Waals surface area contributed by atoms with Gasteiger partial charge in [0.1, 0.15) is 5.69 Å². The van der Waals surface area contributed by atoms with Crippen LogP contribution in [0.25, 0.3) is 10.1 Å². The number of amides is 2. The van der Waals surface area contributed by atoms with Crippen molar-refractivity contribution >= 4 is 33.2 Å². The zero-order chi connectivity index (χ0) is 19.1. The quantitative estimate of drug-likeness (QED) is 0.863. The molecule has 3 saturated heterocycles. The lowest BCUT2D eigenvalue weighted by Crippen LogP contribution is -2.47. The zero-order valence-electron chi connectivity index (χ0n) is 16.0. The number of hydrogen-bond donors (Lipinski definition) is 1. The molecule has 0 aliphatic carbocycles. The van der Waals surface area contributed by atoms with Gasteiger partial charge in [0, 0.05) is 48.5 Å². The van der Waals surface area contributed by atoms with Crippen molar-refractivity contribution in [1.29, 1.82) is 0 Å². The Morgan fingerprint density at radius 2 is 1.96 bits per heavy atom. The lowest BCUT2D eigenvalue weighted by Gasteiger charge is -2.30. The minimum atomic E-state index is -0.105. The van der Waals surface area contributed by atoms with Crippen LogP contribution in [0.15, 0.2) is 18.3 Å². The van der Waals surface area contributed by atoms with Gasteiger partial charge in [0.05, 0.1) is 4.88 Å². The molecule has 0 spiro atoms. The van der Waals surface area contributed by atoms with Crippen LogP contribution in [0.2, 0.25) is 0 Å². The van der Waals surface area contributed by atoms with Crippen molar-refractivity contribution in [2.45, 2.75) is 38.1 Å². The van der Waals surface area contributed by atoms with Crippen LogP contribution in [-0.4, -0.2) is 65.4 Å². The van der Waals surface area contributed by atoms with E-state index in [1.807, 2.05) is 17.0 Å². The van der Waals surface area contributed by atoms with E-state index in [4.69, 9.17) is 0 Å². The summed E-state index contributed by atoms with van der Waals surface area (Å²) < 4.78 is 0.952. The van der Waals surface area contributed by atoms with Gasteiger partial charge in [0.2, 0.25) is 0 Å². The van der Waals surface area contributed by atoms with Crippen molar-refractivity contribution < 1.29 is 9.59 Å². The van der Waals surface area contributed by atoms with Crippen LogP contribution in [0.3, 0.4) is 0 Å². The monoisotopic (exact) mass is 398 g/mol. The van der Waals surface area contributed by atoms with Crippen LogP contribution in [0, 0.1) is 5.92 Å². The number of likely N-dealkylation sites (tertiary alicyclic amines) is 1. The SMILES string of the molecule is O=C(N[C@@H]1C[C@H]2CCN(C2)C1)c1cc2sc(C(=O)N3CCCCC3)cc2cn1. The highest BCUT2D eigenvalue weighted by atomic mass is 32.1. The topological polar surface area (TPSA) is 65.5 Å². The summed E-state index contributed by atoms with van der Waals surface area (Å²) in [6, 6.07) is 3.96. The number of thiophene rings is 1. The van der Waals surface area contributed by atoms with Crippen LogP contribution < -0.4 is 5.32 Å². The van der Waals surface area contributed by atoms with E-state index in [1.54, 1.807) is 6.20 Å². The summed E-state index contributed by atoms with van der Waals surface area (Å²) in [4.78, 5) is 35.0. The lowest BCUT2D eigenvalue weighted by atomic mass is 9.97. The molecule has 3 atom stereocenters. The molecule has 0 aromatic carbocycles. The Kier molecular flexibility index (Phi) is 4.80. The molecule has 2 aromatic heterocycles. The molecule has 2 bridgehead atoms. The van der Waals surface area contributed by atoms with E-state index >= 15 is 0 Å². The van der Waals surface area contributed by atoms with E-state index < -0.39 is 0 Å². The summed E-state index contributed by atoms with van der Waals surface area (Å²) in [5.41, 5.74) is 0.444. The van der Waals surface area contributed by atoms with Gasteiger partial charge in [0.25, 0.3) is 11.8 Å². The molecular weight excluding hydrogens is 372 g/mol. The minimum Gasteiger partial charge on any atom is -0.347 e. The first-order valence-corrected chi connectivity index (χ1v) is 11.2. The molecule has 5 heterocycles. The third-order valence-corrected chi connectivity index (χ3v) is 7.38. The van der Waals surface area contributed by atoms with Gasteiger partial charge in [-0.2, -0.15) is 0 Å². The molecular formula is C21H26N4O2S. The Labute approximate surface area is 168 Å². The summed E-state index contributed by atoms with van der Waals surface area (Å²) in [7, 11) is 0. The maximum Gasteiger partial charge on any atom is 0.270 e. The van der Waals surface area contributed by atoms with Gasteiger partial charge in [-0.05, 0) is 56.7 Å². The first-order valence-electron chi connectivity index (χ1n) is 10.4. The first kappa shape index (κ1) is 18.1. The number of piperidine rings is 2. The summed E-state index contributed by atoms with van der Waals surface area (Å²) in [6.07, 6.45) is 7.42. The van der Waals surface area contributed by atoms with E-state index in [1.165, 1.54) is 30.7 Å². The summed E-state index contributed by atoms with van der Waals surface area (Å²) in [6.45, 7) is 4.97. The molecule has 148 valence electrons. The second kappa shape index (κ2) is 7.44.